The van der Waals surface area contributed by atoms with Gasteiger partial charge in [-0.05, 0) is 70.5 Å². The van der Waals surface area contributed by atoms with Crippen LogP contribution in [0.2, 0.25) is 0 Å². The van der Waals surface area contributed by atoms with Crippen LogP contribution in [0.15, 0.2) is 60.7 Å². The lowest BCUT2D eigenvalue weighted by atomic mass is 9.80. The zero-order valence-corrected chi connectivity index (χ0v) is 20.5. The number of phenols is 1. The Morgan fingerprint density at radius 3 is 1.97 bits per heavy atom. The molecular weight excluding hydrogens is 428 g/mol. The summed E-state index contributed by atoms with van der Waals surface area (Å²) in [6.07, 6.45) is 0.442. The first kappa shape index (κ1) is 24.8. The predicted molar refractivity (Wildman–Crippen MR) is 136 cm³/mol. The maximum absolute atomic E-state index is 12.6. The number of hydrogen-bond acceptors (Lipinski definition) is 4. The zero-order chi connectivity index (χ0) is 25.1. The highest BCUT2D eigenvalue weighted by Crippen LogP contribution is 2.35. The Bertz CT molecular complexity index is 1150. The average molecular weight is 461 g/mol. The van der Waals surface area contributed by atoms with Crippen LogP contribution in [0.5, 0.6) is 17.2 Å². The zero-order valence-electron chi connectivity index (χ0n) is 20.5. The van der Waals surface area contributed by atoms with Gasteiger partial charge in [-0.1, -0.05) is 53.7 Å². The van der Waals surface area contributed by atoms with E-state index in [1.165, 1.54) is 23.3 Å². The van der Waals surface area contributed by atoms with Crippen molar-refractivity contribution in [1.29, 1.82) is 0 Å². The van der Waals surface area contributed by atoms with Crippen LogP contribution < -0.4 is 15.4 Å². The molecule has 6 heteroatoms. The molecule has 0 bridgehead atoms. The molecule has 3 aromatic rings. The van der Waals surface area contributed by atoms with Crippen molar-refractivity contribution in [2.24, 2.45) is 0 Å². The van der Waals surface area contributed by atoms with Crippen molar-refractivity contribution < 1.29 is 19.4 Å². The quantitative estimate of drug-likeness (QED) is 0.286. The maximum atomic E-state index is 12.6. The van der Waals surface area contributed by atoms with Gasteiger partial charge in [0.05, 0.1) is 11.3 Å². The van der Waals surface area contributed by atoms with E-state index >= 15 is 0 Å². The van der Waals surface area contributed by atoms with E-state index < -0.39 is 5.91 Å². The molecular formula is C28H32N2O4. The molecule has 0 aliphatic rings. The van der Waals surface area contributed by atoms with Gasteiger partial charge >= 0.3 is 0 Å². The molecule has 6 nitrogen and oxygen atoms in total. The third-order valence-electron chi connectivity index (χ3n) is 5.48. The molecule has 3 rings (SSSR count). The molecule has 0 aromatic heterocycles. The number of phenolic OH excluding ortho intramolecular Hbond substituents is 1. The third-order valence-corrected chi connectivity index (χ3v) is 5.48. The van der Waals surface area contributed by atoms with Gasteiger partial charge in [0.15, 0.2) is 5.75 Å². The first-order valence-electron chi connectivity index (χ1n) is 11.2. The van der Waals surface area contributed by atoms with Crippen LogP contribution in [-0.4, -0.2) is 17.4 Å². The Hall–Kier alpha value is -3.80. The molecule has 0 aliphatic heterocycles. The summed E-state index contributed by atoms with van der Waals surface area (Å²) in [6.45, 7) is 13.1. The largest absolute Gasteiger partial charge is 0.505 e. The molecule has 178 valence electrons. The van der Waals surface area contributed by atoms with E-state index in [0.717, 1.165) is 5.75 Å². The van der Waals surface area contributed by atoms with Gasteiger partial charge in [0, 0.05) is 5.69 Å². The lowest BCUT2D eigenvalue weighted by Gasteiger charge is -2.26. The number of aromatic hydroxyl groups is 1. The first-order chi connectivity index (χ1) is 15.9. The minimum atomic E-state index is -0.492. The molecule has 0 saturated heterocycles. The SMILES string of the molecule is CC(C)(C)c1cc(Oc2ccc(NC(=O)c3cccc(NC=O)c3O)cc2)cc(C(C)(C)C)c1. The van der Waals surface area contributed by atoms with Crippen molar-refractivity contribution in [2.45, 2.75) is 52.4 Å². The fourth-order valence-electron chi connectivity index (χ4n) is 3.37. The monoisotopic (exact) mass is 460 g/mol. The molecule has 3 aromatic carbocycles. The van der Waals surface area contributed by atoms with Crippen LogP contribution >= 0.6 is 0 Å². The summed E-state index contributed by atoms with van der Waals surface area (Å²) in [6, 6.07) is 17.9. The molecule has 0 atom stereocenters. The smallest absolute Gasteiger partial charge is 0.259 e. The Balaban J connectivity index is 1.79. The first-order valence-corrected chi connectivity index (χ1v) is 11.2. The number of amides is 2. The summed E-state index contributed by atoms with van der Waals surface area (Å²) in [4.78, 5) is 23.3. The molecule has 34 heavy (non-hydrogen) atoms. The molecule has 0 unspecified atom stereocenters. The van der Waals surface area contributed by atoms with Crippen molar-refractivity contribution in [1.82, 2.24) is 0 Å². The molecule has 0 spiro atoms. The molecule has 2 amide bonds. The fourth-order valence-corrected chi connectivity index (χ4v) is 3.37. The Labute approximate surface area is 201 Å². The number of para-hydroxylation sites is 1. The summed E-state index contributed by atoms with van der Waals surface area (Å²) >= 11 is 0. The fraction of sp³-hybridized carbons (Fsp3) is 0.286. The highest BCUT2D eigenvalue weighted by atomic mass is 16.5. The molecule has 0 heterocycles. The summed E-state index contributed by atoms with van der Waals surface area (Å²) in [5.74, 6) is 0.622. The topological polar surface area (TPSA) is 87.7 Å². The van der Waals surface area contributed by atoms with E-state index in [9.17, 15) is 14.7 Å². The van der Waals surface area contributed by atoms with Gasteiger partial charge in [-0.25, -0.2) is 0 Å². The lowest BCUT2D eigenvalue weighted by Crippen LogP contribution is -2.16. The van der Waals surface area contributed by atoms with Gasteiger partial charge in [0.2, 0.25) is 6.41 Å². The number of carbonyl (C=O) groups is 2. The number of benzene rings is 3. The number of anilines is 2. The van der Waals surface area contributed by atoms with Crippen molar-refractivity contribution >= 4 is 23.7 Å². The third kappa shape index (κ3) is 5.95. The molecule has 0 radical (unpaired) electrons. The van der Waals surface area contributed by atoms with E-state index in [4.69, 9.17) is 4.74 Å². The van der Waals surface area contributed by atoms with Gasteiger partial charge in [-0.15, -0.1) is 0 Å². The molecule has 0 fully saturated rings. The molecule has 3 N–H and O–H groups in total. The van der Waals surface area contributed by atoms with Crippen LogP contribution in [0, 0.1) is 0 Å². The van der Waals surface area contributed by atoms with E-state index in [-0.39, 0.29) is 27.8 Å². The second-order valence-electron chi connectivity index (χ2n) is 10.3. The van der Waals surface area contributed by atoms with Crippen LogP contribution in [0.25, 0.3) is 0 Å². The summed E-state index contributed by atoms with van der Waals surface area (Å²) in [7, 11) is 0. The minimum Gasteiger partial charge on any atom is -0.505 e. The van der Waals surface area contributed by atoms with Gasteiger partial charge in [-0.3, -0.25) is 9.59 Å². The van der Waals surface area contributed by atoms with E-state index in [0.29, 0.717) is 17.8 Å². The van der Waals surface area contributed by atoms with E-state index in [1.807, 2.05) is 0 Å². The van der Waals surface area contributed by atoms with Crippen molar-refractivity contribution in [3.63, 3.8) is 0 Å². The average Bonchev–Trinajstić information content (AvgIpc) is 2.75. The van der Waals surface area contributed by atoms with E-state index in [1.54, 1.807) is 30.3 Å². The summed E-state index contributed by atoms with van der Waals surface area (Å²) in [5.41, 5.74) is 3.13. The van der Waals surface area contributed by atoms with Crippen molar-refractivity contribution in [2.75, 3.05) is 10.6 Å². The lowest BCUT2D eigenvalue weighted by molar-refractivity contribution is -0.105. The van der Waals surface area contributed by atoms with Gasteiger partial charge in [-0.2, -0.15) is 0 Å². The number of nitrogens with one attached hydrogen (secondary N) is 2. The highest BCUT2D eigenvalue weighted by Gasteiger charge is 2.21. The Morgan fingerprint density at radius 1 is 0.853 bits per heavy atom. The number of hydrogen-bond donors (Lipinski definition) is 3. The Morgan fingerprint density at radius 2 is 1.44 bits per heavy atom. The molecule has 0 saturated carbocycles. The van der Waals surface area contributed by atoms with Gasteiger partial charge < -0.3 is 20.5 Å². The van der Waals surface area contributed by atoms with Gasteiger partial charge in [0.25, 0.3) is 5.91 Å². The Kier molecular flexibility index (Phi) is 7.01. The van der Waals surface area contributed by atoms with Crippen LogP contribution in [0.4, 0.5) is 11.4 Å². The van der Waals surface area contributed by atoms with E-state index in [2.05, 4.69) is 70.4 Å². The highest BCUT2D eigenvalue weighted by molar-refractivity contribution is 6.07. The normalized spacial score (nSPS) is 11.6. The van der Waals surface area contributed by atoms with Gasteiger partial charge in [0.1, 0.15) is 11.5 Å². The number of rotatable bonds is 6. The number of carbonyl (C=O) groups excluding carboxylic acids is 2. The second-order valence-corrected chi connectivity index (χ2v) is 10.3. The predicted octanol–water partition coefficient (Wildman–Crippen LogP) is 6.60. The summed E-state index contributed by atoms with van der Waals surface area (Å²) in [5, 5.41) is 15.3. The second kappa shape index (κ2) is 9.59. The van der Waals surface area contributed by atoms with Crippen LogP contribution in [0.1, 0.15) is 63.0 Å². The molecule has 0 aliphatic carbocycles. The van der Waals surface area contributed by atoms with Crippen molar-refractivity contribution in [3.8, 4) is 17.2 Å². The maximum Gasteiger partial charge on any atom is 0.259 e. The van der Waals surface area contributed by atoms with Crippen LogP contribution in [0.3, 0.4) is 0 Å². The summed E-state index contributed by atoms with van der Waals surface area (Å²) < 4.78 is 6.16. The number of ether oxygens (including phenoxy) is 1. The van der Waals surface area contributed by atoms with Crippen LogP contribution in [-0.2, 0) is 15.6 Å². The minimum absolute atomic E-state index is 0.0163. The standard InChI is InChI=1S/C28H32N2O4/c1-27(2,3)18-14-19(28(4,5)6)16-22(15-18)34-21-12-10-20(11-13-21)30-26(33)23-8-7-9-24(25(23)32)29-17-31/h7-17,32H,1-6H3,(H,29,31)(H,30,33). The van der Waals surface area contributed by atoms with Crippen molar-refractivity contribution in [3.05, 3.63) is 77.4 Å².